The molecule has 1 saturated carbocycles. The summed E-state index contributed by atoms with van der Waals surface area (Å²) in [6.07, 6.45) is 5.94. The first-order chi connectivity index (χ1) is 12.8. The molecule has 2 aliphatic rings. The fourth-order valence-electron chi connectivity index (χ4n) is 3.03. The SMILES string of the molecule is CN=C(NCCCOC1CCOCC1)NCC1(Sc2ccccc2)CC1.I. The Morgan fingerprint density at radius 3 is 2.63 bits per heavy atom. The number of aliphatic imine (C=N–C) groups is 1. The highest BCUT2D eigenvalue weighted by atomic mass is 127. The van der Waals surface area contributed by atoms with Crippen LogP contribution in [0.4, 0.5) is 0 Å². The van der Waals surface area contributed by atoms with Crippen LogP contribution in [0.15, 0.2) is 40.2 Å². The number of thioether (sulfide) groups is 1. The molecule has 0 bridgehead atoms. The molecule has 1 aliphatic heterocycles. The molecule has 0 spiro atoms. The zero-order valence-electron chi connectivity index (χ0n) is 16.1. The number of hydrogen-bond acceptors (Lipinski definition) is 4. The van der Waals surface area contributed by atoms with Crippen LogP contribution in [0.25, 0.3) is 0 Å². The minimum Gasteiger partial charge on any atom is -0.381 e. The van der Waals surface area contributed by atoms with E-state index in [9.17, 15) is 0 Å². The predicted molar refractivity (Wildman–Crippen MR) is 123 cm³/mol. The molecule has 1 heterocycles. The summed E-state index contributed by atoms with van der Waals surface area (Å²) in [5, 5.41) is 6.89. The van der Waals surface area contributed by atoms with E-state index >= 15 is 0 Å². The lowest BCUT2D eigenvalue weighted by Crippen LogP contribution is -2.41. The summed E-state index contributed by atoms with van der Waals surface area (Å²) in [5.74, 6) is 0.885. The summed E-state index contributed by atoms with van der Waals surface area (Å²) < 4.78 is 11.6. The van der Waals surface area contributed by atoms with Crippen LogP contribution in [0.1, 0.15) is 32.1 Å². The fourth-order valence-corrected chi connectivity index (χ4v) is 4.27. The molecule has 3 rings (SSSR count). The largest absolute Gasteiger partial charge is 0.381 e. The van der Waals surface area contributed by atoms with E-state index in [0.29, 0.717) is 10.9 Å². The molecule has 7 heteroatoms. The van der Waals surface area contributed by atoms with Crippen molar-refractivity contribution in [3.8, 4) is 0 Å². The van der Waals surface area contributed by atoms with E-state index in [-0.39, 0.29) is 24.0 Å². The number of guanidine groups is 1. The second kappa shape index (κ2) is 12.1. The number of rotatable bonds is 9. The highest BCUT2D eigenvalue weighted by Gasteiger charge is 2.43. The van der Waals surface area contributed by atoms with Crippen molar-refractivity contribution < 1.29 is 9.47 Å². The molecular formula is C20H32IN3O2S. The summed E-state index contributed by atoms with van der Waals surface area (Å²) >= 11 is 1.98. The Morgan fingerprint density at radius 1 is 1.22 bits per heavy atom. The molecule has 0 radical (unpaired) electrons. The lowest BCUT2D eigenvalue weighted by atomic mass is 10.1. The van der Waals surface area contributed by atoms with Crippen LogP contribution in [0.5, 0.6) is 0 Å². The maximum atomic E-state index is 5.91. The Hall–Kier alpha value is -0.510. The summed E-state index contributed by atoms with van der Waals surface area (Å²) in [7, 11) is 1.83. The number of halogens is 1. The minimum absolute atomic E-state index is 0. The van der Waals surface area contributed by atoms with Gasteiger partial charge in [0.05, 0.1) is 6.10 Å². The Kier molecular flexibility index (Phi) is 10.2. The zero-order chi connectivity index (χ0) is 18.1. The number of hydrogen-bond donors (Lipinski definition) is 2. The van der Waals surface area contributed by atoms with Crippen molar-refractivity contribution in [1.82, 2.24) is 10.6 Å². The van der Waals surface area contributed by atoms with Crippen LogP contribution >= 0.6 is 35.7 Å². The van der Waals surface area contributed by atoms with Gasteiger partial charge in [-0.05, 0) is 44.2 Å². The predicted octanol–water partition coefficient (Wildman–Crippen LogP) is 3.68. The highest BCUT2D eigenvalue weighted by molar-refractivity contribution is 14.0. The zero-order valence-corrected chi connectivity index (χ0v) is 19.3. The van der Waals surface area contributed by atoms with Crippen LogP contribution < -0.4 is 10.6 Å². The molecule has 0 aromatic heterocycles. The molecule has 27 heavy (non-hydrogen) atoms. The van der Waals surface area contributed by atoms with Gasteiger partial charge in [-0.3, -0.25) is 4.99 Å². The lowest BCUT2D eigenvalue weighted by molar-refractivity contribution is -0.0320. The third-order valence-electron chi connectivity index (χ3n) is 4.82. The van der Waals surface area contributed by atoms with Gasteiger partial charge in [0.2, 0.25) is 0 Å². The molecule has 2 N–H and O–H groups in total. The van der Waals surface area contributed by atoms with E-state index < -0.39 is 0 Å². The maximum Gasteiger partial charge on any atom is 0.191 e. The maximum absolute atomic E-state index is 5.91. The van der Waals surface area contributed by atoms with Crippen molar-refractivity contribution in [3.63, 3.8) is 0 Å². The van der Waals surface area contributed by atoms with Gasteiger partial charge in [-0.15, -0.1) is 35.7 Å². The van der Waals surface area contributed by atoms with Crippen LogP contribution in [0, 0.1) is 0 Å². The smallest absolute Gasteiger partial charge is 0.191 e. The molecule has 1 aliphatic carbocycles. The van der Waals surface area contributed by atoms with Gasteiger partial charge in [0, 0.05) is 49.6 Å². The average molecular weight is 505 g/mol. The number of nitrogens with zero attached hydrogens (tertiary/aromatic N) is 1. The standard InChI is InChI=1S/C20H31N3O2S.HI/c1-21-19(22-12-5-13-25-17-8-14-24-15-9-17)23-16-20(10-11-20)26-18-6-3-2-4-7-18;/h2-4,6-7,17H,5,8-16H2,1H3,(H2,21,22,23);1H. The van der Waals surface area contributed by atoms with Gasteiger partial charge >= 0.3 is 0 Å². The first-order valence-corrected chi connectivity index (χ1v) is 10.5. The van der Waals surface area contributed by atoms with E-state index in [1.54, 1.807) is 0 Å². The van der Waals surface area contributed by atoms with Crippen LogP contribution in [0.3, 0.4) is 0 Å². The van der Waals surface area contributed by atoms with Crippen molar-refractivity contribution in [3.05, 3.63) is 30.3 Å². The summed E-state index contributed by atoms with van der Waals surface area (Å²) in [5.41, 5.74) is 0. The van der Waals surface area contributed by atoms with E-state index in [2.05, 4.69) is 46.0 Å². The van der Waals surface area contributed by atoms with Gasteiger partial charge in [0.1, 0.15) is 0 Å². The molecule has 1 aromatic carbocycles. The van der Waals surface area contributed by atoms with Gasteiger partial charge < -0.3 is 20.1 Å². The molecule has 1 aromatic rings. The Bertz CT molecular complexity index is 564. The van der Waals surface area contributed by atoms with Crippen LogP contribution in [0.2, 0.25) is 0 Å². The van der Waals surface area contributed by atoms with Gasteiger partial charge in [-0.25, -0.2) is 0 Å². The van der Waals surface area contributed by atoms with E-state index in [1.165, 1.54) is 17.7 Å². The van der Waals surface area contributed by atoms with Gasteiger partial charge in [0.25, 0.3) is 0 Å². The topological polar surface area (TPSA) is 54.9 Å². The Morgan fingerprint density at radius 2 is 1.96 bits per heavy atom. The van der Waals surface area contributed by atoms with Gasteiger partial charge in [0.15, 0.2) is 5.96 Å². The Labute approximate surface area is 184 Å². The van der Waals surface area contributed by atoms with Crippen molar-refractivity contribution >= 4 is 41.7 Å². The minimum atomic E-state index is 0. The quantitative estimate of drug-likeness (QED) is 0.232. The lowest BCUT2D eigenvalue weighted by Gasteiger charge is -2.22. The van der Waals surface area contributed by atoms with Gasteiger partial charge in [-0.2, -0.15) is 0 Å². The number of benzene rings is 1. The Balaban J connectivity index is 0.00000261. The average Bonchev–Trinajstić information content (AvgIpc) is 3.45. The van der Waals surface area contributed by atoms with Crippen LogP contribution in [-0.2, 0) is 9.47 Å². The third-order valence-corrected chi connectivity index (χ3v) is 6.32. The van der Waals surface area contributed by atoms with E-state index in [4.69, 9.17) is 9.47 Å². The van der Waals surface area contributed by atoms with Crippen molar-refractivity contribution in [2.45, 2.75) is 47.9 Å². The van der Waals surface area contributed by atoms with Crippen molar-refractivity contribution in [1.29, 1.82) is 0 Å². The normalized spacial score (nSPS) is 19.2. The highest BCUT2D eigenvalue weighted by Crippen LogP contribution is 2.51. The number of nitrogens with one attached hydrogen (secondary N) is 2. The van der Waals surface area contributed by atoms with Crippen molar-refractivity contribution in [2.75, 3.05) is 40.0 Å². The van der Waals surface area contributed by atoms with Crippen molar-refractivity contribution in [2.24, 2.45) is 4.99 Å². The second-order valence-electron chi connectivity index (χ2n) is 6.99. The first-order valence-electron chi connectivity index (χ1n) is 9.68. The fraction of sp³-hybridized carbons (Fsp3) is 0.650. The molecule has 5 nitrogen and oxygen atoms in total. The summed E-state index contributed by atoms with van der Waals surface area (Å²) in [4.78, 5) is 5.69. The number of ether oxygens (including phenoxy) is 2. The summed E-state index contributed by atoms with van der Waals surface area (Å²) in [6, 6.07) is 10.7. The molecule has 0 amide bonds. The molecule has 0 atom stereocenters. The monoisotopic (exact) mass is 505 g/mol. The van der Waals surface area contributed by atoms with Crippen LogP contribution in [-0.4, -0.2) is 56.8 Å². The molecule has 152 valence electrons. The van der Waals surface area contributed by atoms with Gasteiger partial charge in [-0.1, -0.05) is 18.2 Å². The third kappa shape index (κ3) is 8.17. The summed E-state index contributed by atoms with van der Waals surface area (Å²) in [6.45, 7) is 4.29. The van der Waals surface area contributed by atoms with E-state index in [1.807, 2.05) is 18.8 Å². The first kappa shape index (κ1) is 22.8. The molecule has 0 unspecified atom stereocenters. The second-order valence-corrected chi connectivity index (χ2v) is 8.53. The molecule has 2 fully saturated rings. The molecule has 1 saturated heterocycles. The van der Waals surface area contributed by atoms with E-state index in [0.717, 1.165) is 58.1 Å². The molecular weight excluding hydrogens is 473 g/mol.